The zero-order valence-corrected chi connectivity index (χ0v) is 9.31. The molecule has 1 N–H and O–H groups in total. The molecule has 0 saturated heterocycles. The third-order valence-electron chi connectivity index (χ3n) is 1.31. The number of allylic oxidation sites excluding steroid dienone is 3. The second-order valence-corrected chi connectivity index (χ2v) is 3.32. The Morgan fingerprint density at radius 1 is 1.36 bits per heavy atom. The van der Waals surface area contributed by atoms with Crippen LogP contribution in [0.25, 0.3) is 0 Å². The van der Waals surface area contributed by atoms with Gasteiger partial charge in [0.1, 0.15) is 0 Å². The highest BCUT2D eigenvalue weighted by molar-refractivity contribution is 6.24. The molecule has 0 atom stereocenters. The quantitative estimate of drug-likeness (QED) is 0.373. The van der Waals surface area contributed by atoms with Crippen molar-refractivity contribution in [2.24, 2.45) is 0 Å². The van der Waals surface area contributed by atoms with Gasteiger partial charge in [-0.2, -0.15) is 0 Å². The van der Waals surface area contributed by atoms with Gasteiger partial charge in [0, 0.05) is 6.42 Å². The molecule has 0 bridgehead atoms. The topological polar surface area (TPSA) is 55.8 Å². The second kappa shape index (κ2) is 10.1. The third-order valence-corrected chi connectivity index (χ3v) is 1.76. The van der Waals surface area contributed by atoms with Gasteiger partial charge in [0.25, 0.3) is 0 Å². The lowest BCUT2D eigenvalue weighted by molar-refractivity contribution is 0.134. The van der Waals surface area contributed by atoms with Crippen LogP contribution in [-0.2, 0) is 13.6 Å². The summed E-state index contributed by atoms with van der Waals surface area (Å²) in [5.41, 5.74) is 0. The van der Waals surface area contributed by atoms with Gasteiger partial charge in [-0.3, -0.25) is 4.46 Å². The number of ether oxygens (including phenoxy) is 1. The van der Waals surface area contributed by atoms with Gasteiger partial charge < -0.3 is 14.0 Å². The van der Waals surface area contributed by atoms with E-state index >= 15 is 0 Å². The van der Waals surface area contributed by atoms with Crippen LogP contribution < -0.4 is 0 Å². The molecule has 0 saturated carbocycles. The number of hydrogen-bond acceptors (Lipinski definition) is 3. The predicted molar refractivity (Wildman–Crippen MR) is 54.0 cm³/mol. The van der Waals surface area contributed by atoms with E-state index in [-0.39, 0.29) is 6.61 Å². The van der Waals surface area contributed by atoms with E-state index in [1.807, 2.05) is 31.2 Å². The Bertz CT molecular complexity index is 201. The van der Waals surface area contributed by atoms with Crippen molar-refractivity contribution in [3.63, 3.8) is 0 Å². The average molecular weight is 216 g/mol. The molecule has 0 heterocycles. The molecule has 0 radical (unpaired) electrons. The van der Waals surface area contributed by atoms with Crippen molar-refractivity contribution in [3.8, 4) is 0 Å². The maximum Gasteiger partial charge on any atom is 0.764 e. The first-order valence-electron chi connectivity index (χ1n) is 4.48. The van der Waals surface area contributed by atoms with Gasteiger partial charge >= 0.3 is 9.17 Å². The Morgan fingerprint density at radius 3 is 2.79 bits per heavy atom. The fourth-order valence-electron chi connectivity index (χ4n) is 0.717. The van der Waals surface area contributed by atoms with Gasteiger partial charge in [-0.1, -0.05) is 24.3 Å². The molecule has 0 aromatic heterocycles. The predicted octanol–water partition coefficient (Wildman–Crippen LogP) is 0.950. The summed E-state index contributed by atoms with van der Waals surface area (Å²) >= 11 is 0. The maximum atomic E-state index is 10.1. The van der Waals surface area contributed by atoms with Gasteiger partial charge in [0.2, 0.25) is 0 Å². The fraction of sp³-hybridized carbons (Fsp3) is 0.556. The van der Waals surface area contributed by atoms with Crippen LogP contribution in [0.4, 0.5) is 0 Å². The first-order chi connectivity index (χ1) is 6.77. The summed E-state index contributed by atoms with van der Waals surface area (Å²) in [6.07, 6.45) is 8.29. The lowest BCUT2D eigenvalue weighted by Crippen LogP contribution is -2.08. The first kappa shape index (κ1) is 13.1. The van der Waals surface area contributed by atoms with E-state index < -0.39 is 9.17 Å². The fourth-order valence-corrected chi connectivity index (χ4v) is 1.04. The zero-order valence-electron chi connectivity index (χ0n) is 8.31. The van der Waals surface area contributed by atoms with Gasteiger partial charge in [0.15, 0.2) is 0 Å². The molecular weight excluding hydrogens is 200 g/mol. The summed E-state index contributed by atoms with van der Waals surface area (Å²) in [5, 5.41) is 0. The Balaban J connectivity index is 3.10. The van der Waals surface area contributed by atoms with Crippen molar-refractivity contribution in [1.82, 2.24) is 0 Å². The smallest absolute Gasteiger partial charge is 0.511 e. The van der Waals surface area contributed by atoms with Crippen LogP contribution in [0.2, 0.25) is 0 Å². The van der Waals surface area contributed by atoms with Gasteiger partial charge in [0.05, 0.1) is 19.8 Å². The molecule has 0 aliphatic heterocycles. The van der Waals surface area contributed by atoms with Crippen LogP contribution in [0, 0.1) is 0 Å². The van der Waals surface area contributed by atoms with Crippen molar-refractivity contribution < 1.29 is 18.4 Å². The maximum absolute atomic E-state index is 10.1. The summed E-state index contributed by atoms with van der Waals surface area (Å²) in [6, 6.07) is 0. The molecule has 4 nitrogen and oxygen atoms in total. The highest BCUT2D eigenvalue weighted by atomic mass is 28.3. The molecule has 14 heavy (non-hydrogen) atoms. The van der Waals surface area contributed by atoms with E-state index in [1.54, 1.807) is 0 Å². The minimum Gasteiger partial charge on any atom is -0.511 e. The highest BCUT2D eigenvalue weighted by Gasteiger charge is 2.01. The Hall–Kier alpha value is -0.943. The van der Waals surface area contributed by atoms with Crippen LogP contribution in [0.15, 0.2) is 24.3 Å². The molecule has 5 heteroatoms. The lowest BCUT2D eigenvalue weighted by Gasteiger charge is -2.00. The molecule has 0 aliphatic rings. The van der Waals surface area contributed by atoms with E-state index in [0.29, 0.717) is 19.6 Å². The van der Waals surface area contributed by atoms with E-state index in [2.05, 4.69) is 4.43 Å². The third kappa shape index (κ3) is 11.1. The Morgan fingerprint density at radius 2 is 2.14 bits per heavy atom. The zero-order chi connectivity index (χ0) is 10.6. The molecule has 0 aromatic rings. The second-order valence-electron chi connectivity index (χ2n) is 2.50. The summed E-state index contributed by atoms with van der Waals surface area (Å²) in [7, 11) is -2.77. The molecule has 0 aromatic carbocycles. The van der Waals surface area contributed by atoms with E-state index in [9.17, 15) is 4.46 Å². The first-order valence-corrected chi connectivity index (χ1v) is 5.75. The van der Waals surface area contributed by atoms with E-state index in [0.717, 1.165) is 0 Å². The molecule has 80 valence electrons. The van der Waals surface area contributed by atoms with Crippen molar-refractivity contribution >= 4 is 9.17 Å². The molecule has 0 aliphatic carbocycles. The van der Waals surface area contributed by atoms with Crippen molar-refractivity contribution in [2.45, 2.75) is 13.3 Å². The van der Waals surface area contributed by atoms with Crippen molar-refractivity contribution in [2.75, 3.05) is 19.8 Å². The average Bonchev–Trinajstić information content (AvgIpc) is 2.15. The number of hydrogen-bond donors (Lipinski definition) is 1. The normalized spacial score (nSPS) is 11.2. The van der Waals surface area contributed by atoms with Crippen LogP contribution in [0.5, 0.6) is 0 Å². The number of rotatable bonds is 8. The largest absolute Gasteiger partial charge is 0.764 e. The lowest BCUT2D eigenvalue weighted by atomic mass is 10.4. The van der Waals surface area contributed by atoms with Crippen LogP contribution >= 0.6 is 0 Å². The molecule has 0 rings (SSSR count). The van der Waals surface area contributed by atoms with E-state index in [1.165, 1.54) is 0 Å². The highest BCUT2D eigenvalue weighted by Crippen LogP contribution is 1.86. The van der Waals surface area contributed by atoms with E-state index in [4.69, 9.17) is 9.53 Å². The molecular formula is C9H16O4Si. The van der Waals surface area contributed by atoms with Crippen molar-refractivity contribution in [3.05, 3.63) is 24.3 Å². The molecule has 0 spiro atoms. The van der Waals surface area contributed by atoms with Gasteiger partial charge in [-0.15, -0.1) is 0 Å². The standard InChI is InChI=1S/C9H16O4Si/c1-2-3-4-5-7-12-8-6-9-13-14(10)11/h2-5,10H,6-9H2,1H3. The minimum atomic E-state index is -2.77. The monoisotopic (exact) mass is 216 g/mol. The molecule has 0 amide bonds. The Kier molecular flexibility index (Phi) is 9.46. The molecule has 0 unspecified atom stereocenters. The summed E-state index contributed by atoms with van der Waals surface area (Å²) in [4.78, 5) is 8.32. The van der Waals surface area contributed by atoms with Crippen LogP contribution in [0.1, 0.15) is 13.3 Å². The minimum absolute atomic E-state index is 0.271. The molecule has 0 fully saturated rings. The van der Waals surface area contributed by atoms with Crippen LogP contribution in [-0.4, -0.2) is 33.8 Å². The van der Waals surface area contributed by atoms with Gasteiger partial charge in [-0.25, -0.2) is 0 Å². The van der Waals surface area contributed by atoms with Gasteiger partial charge in [-0.05, 0) is 6.92 Å². The van der Waals surface area contributed by atoms with Crippen molar-refractivity contribution in [1.29, 1.82) is 0 Å². The van der Waals surface area contributed by atoms with Crippen LogP contribution in [0.3, 0.4) is 0 Å². The summed E-state index contributed by atoms with van der Waals surface area (Å²) < 4.78 is 19.8. The Labute approximate surface area is 85.8 Å². The summed E-state index contributed by atoms with van der Waals surface area (Å²) in [5.74, 6) is 0. The summed E-state index contributed by atoms with van der Waals surface area (Å²) in [6.45, 7) is 3.31. The SMILES string of the molecule is CC=CC=CCOCCCO[Si](=O)O.